The van der Waals surface area contributed by atoms with E-state index in [0.29, 0.717) is 43.4 Å². The quantitative estimate of drug-likeness (QED) is 0.657. The molecular formula is C18H22N2O6S. The lowest BCUT2D eigenvalue weighted by atomic mass is 10.2. The number of sulfonamides is 1. The van der Waals surface area contributed by atoms with Crippen molar-refractivity contribution in [3.05, 3.63) is 42.4 Å². The molecule has 1 aromatic heterocycles. The van der Waals surface area contributed by atoms with Gasteiger partial charge in [-0.25, -0.2) is 8.42 Å². The summed E-state index contributed by atoms with van der Waals surface area (Å²) in [6, 6.07) is 7.83. The van der Waals surface area contributed by atoms with Crippen molar-refractivity contribution in [2.24, 2.45) is 0 Å². The second kappa shape index (κ2) is 8.12. The van der Waals surface area contributed by atoms with Crippen LogP contribution in [0.5, 0.6) is 11.5 Å². The van der Waals surface area contributed by atoms with Crippen molar-refractivity contribution in [3.63, 3.8) is 0 Å². The first-order valence-electron chi connectivity index (χ1n) is 8.47. The molecule has 1 saturated heterocycles. The maximum atomic E-state index is 12.9. The highest BCUT2D eigenvalue weighted by molar-refractivity contribution is 7.89. The summed E-state index contributed by atoms with van der Waals surface area (Å²) in [6.45, 7) is 1.76. The molecule has 146 valence electrons. The van der Waals surface area contributed by atoms with Crippen LogP contribution in [0.25, 0.3) is 0 Å². The van der Waals surface area contributed by atoms with Crippen LogP contribution in [0.2, 0.25) is 0 Å². The maximum absolute atomic E-state index is 12.9. The molecule has 0 radical (unpaired) electrons. The average molecular weight is 394 g/mol. The lowest BCUT2D eigenvalue weighted by Crippen LogP contribution is -2.49. The van der Waals surface area contributed by atoms with Crippen LogP contribution in [0, 0.1) is 0 Å². The van der Waals surface area contributed by atoms with Gasteiger partial charge < -0.3 is 13.9 Å². The lowest BCUT2D eigenvalue weighted by molar-refractivity contribution is 0.0874. The van der Waals surface area contributed by atoms with E-state index in [0.717, 1.165) is 0 Å². The van der Waals surface area contributed by atoms with Gasteiger partial charge in [0.2, 0.25) is 15.8 Å². The number of ether oxygens (including phenoxy) is 2. The van der Waals surface area contributed by atoms with Crippen LogP contribution in [0.3, 0.4) is 0 Å². The van der Waals surface area contributed by atoms with E-state index in [2.05, 4.69) is 0 Å². The van der Waals surface area contributed by atoms with Gasteiger partial charge in [-0.15, -0.1) is 0 Å². The summed E-state index contributed by atoms with van der Waals surface area (Å²) in [5.41, 5.74) is 0. The third-order valence-electron chi connectivity index (χ3n) is 4.49. The number of ketones is 1. The van der Waals surface area contributed by atoms with Crippen molar-refractivity contribution < 1.29 is 27.1 Å². The van der Waals surface area contributed by atoms with Gasteiger partial charge in [-0.3, -0.25) is 9.69 Å². The number of furan rings is 1. The second-order valence-corrected chi connectivity index (χ2v) is 8.04. The van der Waals surface area contributed by atoms with E-state index < -0.39 is 10.0 Å². The fraction of sp³-hybridized carbons (Fsp3) is 0.389. The van der Waals surface area contributed by atoms with E-state index in [-0.39, 0.29) is 17.2 Å². The van der Waals surface area contributed by atoms with Gasteiger partial charge in [-0.1, -0.05) is 0 Å². The van der Waals surface area contributed by atoms with Gasteiger partial charge in [0.05, 0.1) is 31.9 Å². The van der Waals surface area contributed by atoms with Crippen molar-refractivity contribution in [1.29, 1.82) is 0 Å². The summed E-state index contributed by atoms with van der Waals surface area (Å²) in [7, 11) is -0.690. The van der Waals surface area contributed by atoms with Gasteiger partial charge in [0.25, 0.3) is 0 Å². The zero-order valence-electron chi connectivity index (χ0n) is 15.3. The topological polar surface area (TPSA) is 89.3 Å². The Kier molecular flexibility index (Phi) is 5.83. The molecule has 1 aliphatic rings. The monoisotopic (exact) mass is 394 g/mol. The molecule has 1 aromatic carbocycles. The first kappa shape index (κ1) is 19.4. The molecule has 3 rings (SSSR count). The number of carbonyl (C=O) groups excluding carboxylic acids is 1. The van der Waals surface area contributed by atoms with Gasteiger partial charge >= 0.3 is 0 Å². The highest BCUT2D eigenvalue weighted by Gasteiger charge is 2.30. The standard InChI is InChI=1S/C18H22N2O6S/c1-24-17-6-5-14(12-18(17)25-2)27(22,23)20-9-7-19(8-10-20)13-15(21)16-4-3-11-26-16/h3-6,11-12H,7-10,13H2,1-2H3. The van der Waals surface area contributed by atoms with Gasteiger partial charge in [-0.05, 0) is 24.3 Å². The predicted octanol–water partition coefficient (Wildman–Crippen LogP) is 1.49. The Bertz CT molecular complexity index is 887. The van der Waals surface area contributed by atoms with Crippen LogP contribution in [0.15, 0.2) is 45.9 Å². The lowest BCUT2D eigenvalue weighted by Gasteiger charge is -2.33. The zero-order valence-corrected chi connectivity index (χ0v) is 16.1. The van der Waals surface area contributed by atoms with Crippen molar-refractivity contribution in [3.8, 4) is 11.5 Å². The molecule has 9 heteroatoms. The van der Waals surface area contributed by atoms with Gasteiger partial charge in [0.15, 0.2) is 17.3 Å². The van der Waals surface area contributed by atoms with E-state index in [1.807, 2.05) is 4.90 Å². The molecule has 0 bridgehead atoms. The number of hydrogen-bond donors (Lipinski definition) is 0. The summed E-state index contributed by atoms with van der Waals surface area (Å²) in [6.07, 6.45) is 1.46. The highest BCUT2D eigenvalue weighted by Crippen LogP contribution is 2.30. The minimum Gasteiger partial charge on any atom is -0.493 e. The summed E-state index contributed by atoms with van der Waals surface area (Å²) in [5.74, 6) is 1.03. The first-order chi connectivity index (χ1) is 13.0. The van der Waals surface area contributed by atoms with Crippen molar-refractivity contribution in [1.82, 2.24) is 9.21 Å². The SMILES string of the molecule is COc1ccc(S(=O)(=O)N2CCN(CC(=O)c3ccco3)CC2)cc1OC. The molecule has 1 aliphatic heterocycles. The Morgan fingerprint density at radius 3 is 2.37 bits per heavy atom. The molecule has 0 amide bonds. The molecule has 0 aliphatic carbocycles. The number of Topliss-reactive ketones (excluding diaryl/α,β-unsaturated/α-hetero) is 1. The largest absolute Gasteiger partial charge is 0.493 e. The molecular weight excluding hydrogens is 372 g/mol. The molecule has 27 heavy (non-hydrogen) atoms. The molecule has 0 atom stereocenters. The van der Waals surface area contributed by atoms with Gasteiger partial charge in [0, 0.05) is 32.2 Å². The second-order valence-electron chi connectivity index (χ2n) is 6.10. The maximum Gasteiger partial charge on any atom is 0.243 e. The molecule has 8 nitrogen and oxygen atoms in total. The fourth-order valence-corrected chi connectivity index (χ4v) is 4.41. The fourth-order valence-electron chi connectivity index (χ4n) is 2.97. The normalized spacial score (nSPS) is 16.2. The Balaban J connectivity index is 1.65. The van der Waals surface area contributed by atoms with E-state index in [4.69, 9.17) is 13.9 Å². The van der Waals surface area contributed by atoms with E-state index in [1.54, 1.807) is 18.2 Å². The number of methoxy groups -OCH3 is 2. The Labute approximate surface area is 158 Å². The molecule has 2 heterocycles. The van der Waals surface area contributed by atoms with E-state index in [9.17, 15) is 13.2 Å². The Hall–Kier alpha value is -2.36. The third kappa shape index (κ3) is 4.15. The van der Waals surface area contributed by atoms with Crippen LogP contribution in [0.4, 0.5) is 0 Å². The number of nitrogens with zero attached hydrogens (tertiary/aromatic N) is 2. The van der Waals surface area contributed by atoms with Gasteiger partial charge in [0.1, 0.15) is 0 Å². The minimum atomic E-state index is -3.65. The van der Waals surface area contributed by atoms with Crippen LogP contribution in [-0.2, 0) is 10.0 Å². The minimum absolute atomic E-state index is 0.115. The summed E-state index contributed by atoms with van der Waals surface area (Å²) in [4.78, 5) is 14.2. The smallest absolute Gasteiger partial charge is 0.243 e. The number of piperazine rings is 1. The molecule has 0 N–H and O–H groups in total. The van der Waals surface area contributed by atoms with Crippen LogP contribution >= 0.6 is 0 Å². The van der Waals surface area contributed by atoms with Crippen LogP contribution in [-0.4, -0.2) is 70.3 Å². The molecule has 1 fully saturated rings. The number of benzene rings is 1. The third-order valence-corrected chi connectivity index (χ3v) is 6.38. The van der Waals surface area contributed by atoms with Crippen molar-refractivity contribution >= 4 is 15.8 Å². The van der Waals surface area contributed by atoms with Crippen molar-refractivity contribution in [2.75, 3.05) is 46.9 Å². The van der Waals surface area contributed by atoms with Gasteiger partial charge in [-0.2, -0.15) is 4.31 Å². The predicted molar refractivity (Wildman–Crippen MR) is 97.8 cm³/mol. The molecule has 0 saturated carbocycles. The molecule has 2 aromatic rings. The van der Waals surface area contributed by atoms with E-state index >= 15 is 0 Å². The Morgan fingerprint density at radius 1 is 1.07 bits per heavy atom. The highest BCUT2D eigenvalue weighted by atomic mass is 32.2. The Morgan fingerprint density at radius 2 is 1.78 bits per heavy atom. The number of hydrogen-bond acceptors (Lipinski definition) is 7. The summed E-state index contributed by atoms with van der Waals surface area (Å²) in [5, 5.41) is 0. The van der Waals surface area contributed by atoms with E-state index in [1.165, 1.54) is 36.9 Å². The number of rotatable bonds is 7. The van der Waals surface area contributed by atoms with Crippen LogP contribution in [0.1, 0.15) is 10.6 Å². The average Bonchev–Trinajstić information content (AvgIpc) is 3.22. The van der Waals surface area contributed by atoms with Crippen LogP contribution < -0.4 is 9.47 Å². The zero-order chi connectivity index (χ0) is 19.4. The first-order valence-corrected chi connectivity index (χ1v) is 9.91. The summed E-state index contributed by atoms with van der Waals surface area (Å²) < 4.78 is 42.7. The van der Waals surface area contributed by atoms with Crippen molar-refractivity contribution in [2.45, 2.75) is 4.90 Å². The molecule has 0 unspecified atom stereocenters. The summed E-state index contributed by atoms with van der Waals surface area (Å²) >= 11 is 0. The number of carbonyl (C=O) groups is 1. The molecule has 0 spiro atoms.